The van der Waals surface area contributed by atoms with Crippen molar-refractivity contribution in [3.8, 4) is 6.07 Å². The summed E-state index contributed by atoms with van der Waals surface area (Å²) in [4.78, 5) is 13.2. The maximum Gasteiger partial charge on any atom is 0.317 e. The summed E-state index contributed by atoms with van der Waals surface area (Å²) in [6, 6.07) is 1.56. The summed E-state index contributed by atoms with van der Waals surface area (Å²) in [6.45, 7) is 3.91. The Morgan fingerprint density at radius 2 is 2.38 bits per heavy atom. The molecule has 0 saturated carbocycles. The number of likely N-dealkylation sites (tertiary alicyclic amines) is 1. The van der Waals surface area contributed by atoms with E-state index in [1.54, 1.807) is 13.8 Å². The van der Waals surface area contributed by atoms with Gasteiger partial charge in [0.25, 0.3) is 0 Å². The third-order valence-corrected chi connectivity index (χ3v) is 2.80. The number of hydrogen-bond donors (Lipinski definition) is 1. The summed E-state index contributed by atoms with van der Waals surface area (Å²) in [6.07, 6.45) is 1.58. The van der Waals surface area contributed by atoms with Crippen LogP contribution >= 0.6 is 0 Å². The van der Waals surface area contributed by atoms with Gasteiger partial charge in [-0.05, 0) is 26.7 Å². The normalized spacial score (nSPS) is 20.6. The van der Waals surface area contributed by atoms with Crippen LogP contribution in [0.3, 0.4) is 0 Å². The van der Waals surface area contributed by atoms with E-state index < -0.39 is 12.1 Å². The lowest BCUT2D eigenvalue weighted by Crippen LogP contribution is -2.46. The number of alkyl halides is 1. The van der Waals surface area contributed by atoms with E-state index in [4.69, 9.17) is 5.26 Å². The Balaban J connectivity index is 2.44. The summed E-state index contributed by atoms with van der Waals surface area (Å²) in [5.74, 6) is 0. The fraction of sp³-hybridized carbons (Fsp3) is 0.818. The van der Waals surface area contributed by atoms with Crippen LogP contribution in [0, 0.1) is 16.7 Å². The van der Waals surface area contributed by atoms with E-state index in [1.807, 2.05) is 0 Å². The molecule has 0 aromatic heterocycles. The van der Waals surface area contributed by atoms with E-state index in [2.05, 4.69) is 11.4 Å². The van der Waals surface area contributed by atoms with Crippen molar-refractivity contribution in [1.82, 2.24) is 10.2 Å². The quantitative estimate of drug-likeness (QED) is 0.797. The van der Waals surface area contributed by atoms with Gasteiger partial charge in [0.05, 0.1) is 17.5 Å². The zero-order valence-electron chi connectivity index (χ0n) is 9.79. The SMILES string of the molecule is CC(C)(C#N)CNC(=O)N1CCCC1CF. The van der Waals surface area contributed by atoms with Gasteiger partial charge in [-0.1, -0.05) is 0 Å². The number of hydrogen-bond acceptors (Lipinski definition) is 2. The predicted octanol–water partition coefficient (Wildman–Crippen LogP) is 1.68. The van der Waals surface area contributed by atoms with Crippen molar-refractivity contribution in [2.45, 2.75) is 32.7 Å². The molecule has 0 aromatic rings. The Bertz CT molecular complexity index is 298. The first-order chi connectivity index (χ1) is 7.50. The van der Waals surface area contributed by atoms with Crippen LogP contribution in [0.4, 0.5) is 9.18 Å². The fourth-order valence-corrected chi connectivity index (χ4v) is 1.70. The van der Waals surface area contributed by atoms with Gasteiger partial charge in [-0.3, -0.25) is 0 Å². The van der Waals surface area contributed by atoms with E-state index >= 15 is 0 Å². The Labute approximate surface area is 95.4 Å². The van der Waals surface area contributed by atoms with Crippen LogP contribution in [0.15, 0.2) is 0 Å². The fourth-order valence-electron chi connectivity index (χ4n) is 1.70. The van der Waals surface area contributed by atoms with Crippen LogP contribution in [0.2, 0.25) is 0 Å². The van der Waals surface area contributed by atoms with Crippen LogP contribution in [0.1, 0.15) is 26.7 Å². The summed E-state index contributed by atoms with van der Waals surface area (Å²) >= 11 is 0. The average Bonchev–Trinajstić information content (AvgIpc) is 2.74. The summed E-state index contributed by atoms with van der Waals surface area (Å²) in [5, 5.41) is 11.5. The van der Waals surface area contributed by atoms with Gasteiger partial charge in [0.2, 0.25) is 0 Å². The lowest BCUT2D eigenvalue weighted by atomic mass is 9.96. The standard InChI is InChI=1S/C11H18FN3O/c1-11(2,7-13)8-14-10(16)15-5-3-4-9(15)6-12/h9H,3-6,8H2,1-2H3,(H,14,16). The van der Waals surface area contributed by atoms with E-state index in [-0.39, 0.29) is 18.6 Å². The molecule has 2 amide bonds. The highest BCUT2D eigenvalue weighted by molar-refractivity contribution is 5.75. The second-order valence-corrected chi connectivity index (χ2v) is 4.80. The first-order valence-electron chi connectivity index (χ1n) is 5.52. The number of nitriles is 1. The van der Waals surface area contributed by atoms with E-state index in [0.717, 1.165) is 12.8 Å². The number of carbonyl (C=O) groups is 1. The number of halogens is 1. The zero-order chi connectivity index (χ0) is 12.2. The van der Waals surface area contributed by atoms with Crippen molar-refractivity contribution in [1.29, 1.82) is 5.26 Å². The van der Waals surface area contributed by atoms with Crippen LogP contribution in [0.25, 0.3) is 0 Å². The number of carbonyl (C=O) groups excluding carboxylic acids is 1. The monoisotopic (exact) mass is 227 g/mol. The Morgan fingerprint density at radius 1 is 1.69 bits per heavy atom. The molecule has 4 nitrogen and oxygen atoms in total. The van der Waals surface area contributed by atoms with Gasteiger partial charge in [-0.2, -0.15) is 5.26 Å². The molecule has 0 aliphatic carbocycles. The second kappa shape index (κ2) is 5.15. The molecule has 1 fully saturated rings. The maximum absolute atomic E-state index is 12.6. The van der Waals surface area contributed by atoms with E-state index in [0.29, 0.717) is 6.54 Å². The average molecular weight is 227 g/mol. The van der Waals surface area contributed by atoms with Crippen LogP contribution in [-0.4, -0.2) is 36.7 Å². The molecule has 1 N–H and O–H groups in total. The Kier molecular flexibility index (Phi) is 4.11. The van der Waals surface area contributed by atoms with Gasteiger partial charge in [-0.25, -0.2) is 9.18 Å². The van der Waals surface area contributed by atoms with Gasteiger partial charge in [-0.15, -0.1) is 0 Å². The largest absolute Gasteiger partial charge is 0.336 e. The minimum atomic E-state index is -0.583. The Morgan fingerprint density at radius 3 is 2.94 bits per heavy atom. The van der Waals surface area contributed by atoms with Crippen molar-refractivity contribution in [2.24, 2.45) is 5.41 Å². The molecule has 0 spiro atoms. The highest BCUT2D eigenvalue weighted by atomic mass is 19.1. The third-order valence-electron chi connectivity index (χ3n) is 2.80. The molecular weight excluding hydrogens is 209 g/mol. The highest BCUT2D eigenvalue weighted by Crippen LogP contribution is 2.18. The summed E-state index contributed by atoms with van der Waals surface area (Å²) in [7, 11) is 0. The predicted molar refractivity (Wildman–Crippen MR) is 58.5 cm³/mol. The van der Waals surface area contributed by atoms with Gasteiger partial charge in [0.1, 0.15) is 6.67 Å². The smallest absolute Gasteiger partial charge is 0.317 e. The number of urea groups is 1. The van der Waals surface area contributed by atoms with Crippen molar-refractivity contribution < 1.29 is 9.18 Å². The summed E-state index contributed by atoms with van der Waals surface area (Å²) in [5.41, 5.74) is -0.583. The minimum absolute atomic E-state index is 0.261. The molecule has 1 aliphatic rings. The molecule has 5 heteroatoms. The molecule has 1 saturated heterocycles. The third kappa shape index (κ3) is 3.09. The first kappa shape index (κ1) is 12.8. The van der Waals surface area contributed by atoms with Crippen LogP contribution < -0.4 is 5.32 Å². The molecular formula is C11H18FN3O. The first-order valence-corrected chi connectivity index (χ1v) is 5.52. The van der Waals surface area contributed by atoms with Crippen molar-refractivity contribution in [3.63, 3.8) is 0 Å². The van der Waals surface area contributed by atoms with E-state index in [1.165, 1.54) is 4.90 Å². The number of nitrogens with zero attached hydrogens (tertiary/aromatic N) is 2. The summed E-state index contributed by atoms with van der Waals surface area (Å²) < 4.78 is 12.6. The number of amides is 2. The number of rotatable bonds is 3. The molecule has 1 rings (SSSR count). The van der Waals surface area contributed by atoms with Crippen LogP contribution in [0.5, 0.6) is 0 Å². The number of nitrogens with one attached hydrogen (secondary N) is 1. The zero-order valence-corrected chi connectivity index (χ0v) is 9.79. The molecule has 1 heterocycles. The van der Waals surface area contributed by atoms with Gasteiger partial charge in [0.15, 0.2) is 0 Å². The highest BCUT2D eigenvalue weighted by Gasteiger charge is 2.29. The molecule has 0 radical (unpaired) electrons. The topological polar surface area (TPSA) is 56.1 Å². The van der Waals surface area contributed by atoms with Gasteiger partial charge < -0.3 is 10.2 Å². The maximum atomic E-state index is 12.6. The van der Waals surface area contributed by atoms with E-state index in [9.17, 15) is 9.18 Å². The molecule has 0 bridgehead atoms. The van der Waals surface area contributed by atoms with Gasteiger partial charge in [0, 0.05) is 13.1 Å². The molecule has 1 aliphatic heterocycles. The van der Waals surface area contributed by atoms with Crippen molar-refractivity contribution >= 4 is 6.03 Å². The van der Waals surface area contributed by atoms with Crippen molar-refractivity contribution in [2.75, 3.05) is 19.8 Å². The molecule has 1 atom stereocenters. The lowest BCUT2D eigenvalue weighted by Gasteiger charge is -2.24. The second-order valence-electron chi connectivity index (χ2n) is 4.80. The Hall–Kier alpha value is -1.31. The lowest BCUT2D eigenvalue weighted by molar-refractivity contribution is 0.180. The molecule has 16 heavy (non-hydrogen) atoms. The van der Waals surface area contributed by atoms with Gasteiger partial charge >= 0.3 is 6.03 Å². The van der Waals surface area contributed by atoms with Crippen LogP contribution in [-0.2, 0) is 0 Å². The van der Waals surface area contributed by atoms with Crippen molar-refractivity contribution in [3.05, 3.63) is 0 Å². The minimum Gasteiger partial charge on any atom is -0.336 e. The molecule has 90 valence electrons. The molecule has 1 unspecified atom stereocenters. The molecule has 0 aromatic carbocycles.